The summed E-state index contributed by atoms with van der Waals surface area (Å²) >= 11 is 7.66. The molecule has 34 heavy (non-hydrogen) atoms. The molecule has 0 atom stereocenters. The van der Waals surface area contributed by atoms with E-state index in [-0.39, 0.29) is 64.9 Å². The largest absolute Gasteiger partial charge is 1.00 e. The predicted octanol–water partition coefficient (Wildman–Crippen LogP) is 0.693. The van der Waals surface area contributed by atoms with Crippen molar-refractivity contribution in [3.8, 4) is 0 Å². The van der Waals surface area contributed by atoms with E-state index >= 15 is 0 Å². The molecule has 2 heterocycles. The molecule has 2 aliphatic rings. The van der Waals surface area contributed by atoms with Gasteiger partial charge in [-0.1, -0.05) is 11.6 Å². The first-order chi connectivity index (χ1) is 15.7. The predicted molar refractivity (Wildman–Crippen MR) is 123 cm³/mol. The molecule has 11 heteroatoms. The zero-order chi connectivity index (χ0) is 23.5. The molecule has 174 valence electrons. The molecule has 0 N–H and O–H groups in total. The van der Waals surface area contributed by atoms with Crippen LogP contribution in [-0.2, 0) is 11.3 Å². The third kappa shape index (κ3) is 4.69. The summed E-state index contributed by atoms with van der Waals surface area (Å²) in [5, 5.41) is 12.6. The smallest absolute Gasteiger partial charge is 0.548 e. The number of fused-ring (bicyclic) bond motifs is 2. The Balaban J connectivity index is 0.00000274. The Morgan fingerprint density at radius 3 is 2.53 bits per heavy atom. The van der Waals surface area contributed by atoms with Gasteiger partial charge in [0, 0.05) is 30.8 Å². The van der Waals surface area contributed by atoms with Crippen LogP contribution in [0.15, 0.2) is 34.0 Å². The quantitative estimate of drug-likeness (QED) is 0.262. The second-order valence-corrected chi connectivity index (χ2v) is 10.0. The topological polar surface area (TPSA) is 78.3 Å². The standard InChI is InChI=1S/C23H22ClF2N3O3S.Na/c1-33-21-16(24)6-4-14-19(21)29(11-18(30)31)22-15(20(14)32)5-7-17(27-22)28(10-12-2-3-12)13-8-23(25,26)9-13;/h4-7,12-13H,2-3,8-11H2,1H3,(H,30,31);/q;+1/p-1. The minimum absolute atomic E-state index is 0. The van der Waals surface area contributed by atoms with Gasteiger partial charge in [0.05, 0.1) is 33.3 Å². The summed E-state index contributed by atoms with van der Waals surface area (Å²) in [5.41, 5.74) is 0.272. The fourth-order valence-electron chi connectivity index (χ4n) is 4.57. The van der Waals surface area contributed by atoms with Crippen LogP contribution in [0.3, 0.4) is 0 Å². The van der Waals surface area contributed by atoms with E-state index in [1.807, 2.05) is 4.90 Å². The summed E-state index contributed by atoms with van der Waals surface area (Å²) < 4.78 is 28.7. The number of thioether (sulfide) groups is 1. The van der Waals surface area contributed by atoms with Crippen LogP contribution in [0.5, 0.6) is 0 Å². The molecule has 0 unspecified atom stereocenters. The molecular weight excluding hydrogens is 495 g/mol. The monoisotopic (exact) mass is 515 g/mol. The van der Waals surface area contributed by atoms with Gasteiger partial charge >= 0.3 is 29.6 Å². The number of halogens is 3. The molecule has 2 saturated carbocycles. The van der Waals surface area contributed by atoms with Gasteiger partial charge in [0.25, 0.3) is 5.92 Å². The van der Waals surface area contributed by atoms with Crippen molar-refractivity contribution in [2.75, 3.05) is 17.7 Å². The molecule has 6 nitrogen and oxygen atoms in total. The van der Waals surface area contributed by atoms with Gasteiger partial charge in [0.2, 0.25) is 0 Å². The number of carbonyl (C=O) groups is 1. The molecule has 1 aromatic carbocycles. The first-order valence-corrected chi connectivity index (χ1v) is 12.3. The number of hydrogen-bond acceptors (Lipinski definition) is 6. The number of aromatic nitrogens is 2. The minimum atomic E-state index is -2.68. The normalized spacial score (nSPS) is 17.4. The number of hydrogen-bond donors (Lipinski definition) is 0. The van der Waals surface area contributed by atoms with Gasteiger partial charge in [0.15, 0.2) is 5.43 Å². The average Bonchev–Trinajstić information content (AvgIpc) is 3.56. The van der Waals surface area contributed by atoms with Crippen molar-refractivity contribution in [2.45, 2.75) is 49.1 Å². The SMILES string of the molecule is CSc1c(Cl)ccc2c(=O)c3ccc(N(CC4CC4)C4CC(F)(F)C4)nc3n(CC(=O)[O-])c12.[Na+]. The molecular formula is C23H21ClF2N3NaO3S. The van der Waals surface area contributed by atoms with Crippen molar-refractivity contribution in [3.05, 3.63) is 39.5 Å². The number of carboxylic acids is 1. The summed E-state index contributed by atoms with van der Waals surface area (Å²) in [6, 6.07) is 6.12. The Bertz CT molecular complexity index is 1340. The fourth-order valence-corrected chi connectivity index (χ4v) is 5.63. The van der Waals surface area contributed by atoms with Crippen molar-refractivity contribution in [3.63, 3.8) is 0 Å². The number of pyridine rings is 2. The van der Waals surface area contributed by atoms with Crippen LogP contribution in [0.4, 0.5) is 14.6 Å². The van der Waals surface area contributed by atoms with Crippen LogP contribution in [0.25, 0.3) is 21.9 Å². The molecule has 0 saturated heterocycles. The Hall–Kier alpha value is -1.39. The molecule has 0 amide bonds. The van der Waals surface area contributed by atoms with Crippen LogP contribution >= 0.6 is 23.4 Å². The number of alkyl halides is 2. The summed E-state index contributed by atoms with van der Waals surface area (Å²) in [4.78, 5) is 32.1. The van der Waals surface area contributed by atoms with Crippen molar-refractivity contribution < 1.29 is 48.2 Å². The second-order valence-electron chi connectivity index (χ2n) is 8.82. The third-order valence-electron chi connectivity index (χ3n) is 6.41. The maximum Gasteiger partial charge on any atom is 1.00 e. The Morgan fingerprint density at radius 1 is 1.26 bits per heavy atom. The van der Waals surface area contributed by atoms with Gasteiger partial charge < -0.3 is 19.4 Å². The van der Waals surface area contributed by atoms with E-state index in [1.54, 1.807) is 30.5 Å². The molecule has 0 spiro atoms. The Kier molecular flexibility index (Phi) is 7.24. The Labute approximate surface area is 225 Å². The van der Waals surface area contributed by atoms with E-state index in [0.717, 1.165) is 12.8 Å². The Morgan fingerprint density at radius 2 is 1.94 bits per heavy atom. The zero-order valence-corrected chi connectivity index (χ0v) is 22.4. The van der Waals surface area contributed by atoms with Crippen LogP contribution in [-0.4, -0.2) is 40.3 Å². The van der Waals surface area contributed by atoms with Crippen LogP contribution in [0, 0.1) is 5.92 Å². The number of nitrogens with zero attached hydrogens (tertiary/aromatic N) is 3. The van der Waals surface area contributed by atoms with Gasteiger partial charge in [-0.3, -0.25) is 4.79 Å². The van der Waals surface area contributed by atoms with Crippen molar-refractivity contribution in [1.82, 2.24) is 9.55 Å². The van der Waals surface area contributed by atoms with Gasteiger partial charge in [-0.15, -0.1) is 11.8 Å². The number of carboxylic acid groups (broad SMARTS) is 1. The zero-order valence-electron chi connectivity index (χ0n) is 18.8. The second kappa shape index (κ2) is 9.58. The summed E-state index contributed by atoms with van der Waals surface area (Å²) in [6.07, 6.45) is 3.40. The molecule has 2 aromatic heterocycles. The molecule has 0 bridgehead atoms. The van der Waals surface area contributed by atoms with E-state index in [9.17, 15) is 23.5 Å². The van der Waals surface area contributed by atoms with Crippen LogP contribution in [0.1, 0.15) is 25.7 Å². The fraction of sp³-hybridized carbons (Fsp3) is 0.435. The number of aliphatic carboxylic acids is 1. The number of benzene rings is 1. The van der Waals surface area contributed by atoms with Gasteiger partial charge in [-0.25, -0.2) is 13.8 Å². The number of carbonyl (C=O) groups excluding carboxylic acids is 1. The minimum Gasteiger partial charge on any atom is -0.548 e. The van der Waals surface area contributed by atoms with Crippen molar-refractivity contribution >= 4 is 57.1 Å². The third-order valence-corrected chi connectivity index (χ3v) is 7.65. The number of anilines is 1. The average molecular weight is 516 g/mol. The van der Waals surface area contributed by atoms with E-state index in [0.29, 0.717) is 39.1 Å². The molecule has 3 aromatic rings. The maximum atomic E-state index is 13.6. The van der Waals surface area contributed by atoms with Gasteiger partial charge in [-0.2, -0.15) is 0 Å². The summed E-state index contributed by atoms with van der Waals surface area (Å²) in [7, 11) is 0. The molecule has 5 rings (SSSR count). The van der Waals surface area contributed by atoms with E-state index in [1.165, 1.54) is 16.3 Å². The molecule has 0 aliphatic heterocycles. The molecule has 2 fully saturated rings. The van der Waals surface area contributed by atoms with Crippen LogP contribution in [0.2, 0.25) is 5.02 Å². The van der Waals surface area contributed by atoms with E-state index < -0.39 is 18.4 Å². The first-order valence-electron chi connectivity index (χ1n) is 10.7. The van der Waals surface area contributed by atoms with Gasteiger partial charge in [0.1, 0.15) is 11.5 Å². The first kappa shape index (κ1) is 25.7. The van der Waals surface area contributed by atoms with Crippen molar-refractivity contribution in [2.24, 2.45) is 5.92 Å². The number of rotatable bonds is 7. The van der Waals surface area contributed by atoms with Crippen molar-refractivity contribution in [1.29, 1.82) is 0 Å². The van der Waals surface area contributed by atoms with E-state index in [4.69, 9.17) is 11.6 Å². The van der Waals surface area contributed by atoms with Crippen LogP contribution < -0.4 is 45.0 Å². The maximum absolute atomic E-state index is 13.6. The summed E-state index contributed by atoms with van der Waals surface area (Å²) in [5.74, 6) is -3.12. The summed E-state index contributed by atoms with van der Waals surface area (Å²) in [6.45, 7) is 0.0845. The molecule has 0 radical (unpaired) electrons. The van der Waals surface area contributed by atoms with E-state index in [2.05, 4.69) is 4.98 Å². The van der Waals surface area contributed by atoms with Gasteiger partial charge in [-0.05, 0) is 49.3 Å². The molecule has 2 aliphatic carbocycles.